The van der Waals surface area contributed by atoms with Crippen molar-refractivity contribution in [1.29, 1.82) is 0 Å². The maximum absolute atomic E-state index is 14.1. The number of alkyl halides is 3. The molecule has 0 aliphatic carbocycles. The number of hydrogen-bond donors (Lipinski definition) is 3. The maximum Gasteiger partial charge on any atom is 0.419 e. The molecule has 11 heteroatoms. The van der Waals surface area contributed by atoms with Crippen molar-refractivity contribution in [2.45, 2.75) is 26.6 Å². The summed E-state index contributed by atoms with van der Waals surface area (Å²) in [6.45, 7) is 7.45. The number of aromatic nitrogens is 4. The molecule has 1 aliphatic heterocycles. The lowest BCUT2D eigenvalue weighted by Gasteiger charge is -2.30. The van der Waals surface area contributed by atoms with Gasteiger partial charge >= 0.3 is 6.18 Å². The number of H-pyrrole nitrogens is 1. The molecule has 0 unspecified atom stereocenters. The van der Waals surface area contributed by atoms with Gasteiger partial charge in [-0.15, -0.1) is 0 Å². The topological polar surface area (TPSA) is 99.1 Å². The van der Waals surface area contributed by atoms with E-state index >= 15 is 0 Å². The van der Waals surface area contributed by atoms with Crippen LogP contribution < -0.4 is 15.8 Å². The maximum atomic E-state index is 14.1. The number of aromatic hydroxyl groups is 1. The first-order chi connectivity index (χ1) is 18.2. The lowest BCUT2D eigenvalue weighted by Crippen LogP contribution is -2.43. The number of rotatable bonds is 3. The Hall–Kier alpha value is -4.12. The number of aryl methyl sites for hydroxylation is 2. The number of anilines is 1. The van der Waals surface area contributed by atoms with E-state index in [1.165, 1.54) is 6.07 Å². The van der Waals surface area contributed by atoms with E-state index in [2.05, 4.69) is 25.4 Å². The number of phenols is 1. The second-order valence-corrected chi connectivity index (χ2v) is 9.46. The predicted molar refractivity (Wildman–Crippen MR) is 141 cm³/mol. The zero-order chi connectivity index (χ0) is 26.8. The van der Waals surface area contributed by atoms with Crippen LogP contribution in [-0.2, 0) is 12.7 Å². The van der Waals surface area contributed by atoms with E-state index in [0.717, 1.165) is 54.9 Å². The highest BCUT2D eigenvalue weighted by Crippen LogP contribution is 2.41. The monoisotopic (exact) mass is 522 g/mol. The molecule has 0 radical (unpaired) electrons. The normalized spacial score (nSPS) is 14.7. The Labute approximate surface area is 214 Å². The first kappa shape index (κ1) is 24.2. The Kier molecular flexibility index (Phi) is 5.56. The molecule has 4 heterocycles. The lowest BCUT2D eigenvalue weighted by molar-refractivity contribution is -0.138. The van der Waals surface area contributed by atoms with Crippen molar-refractivity contribution >= 4 is 38.4 Å². The molecule has 0 amide bonds. The number of aromatic amines is 1. The zero-order valence-corrected chi connectivity index (χ0v) is 20.8. The number of phenolic OH excluding ortho intramolecular Hbond substituents is 1. The summed E-state index contributed by atoms with van der Waals surface area (Å²) in [7, 11) is 0. The molecular formula is C27H25F3N6O2. The largest absolute Gasteiger partial charge is 0.507 e. The quantitative estimate of drug-likeness (QED) is 0.301. The molecule has 3 aromatic heterocycles. The molecule has 5 aromatic rings. The summed E-state index contributed by atoms with van der Waals surface area (Å²) in [5, 5.41) is 22.6. The van der Waals surface area contributed by atoms with Crippen molar-refractivity contribution in [3.05, 3.63) is 58.0 Å². The van der Waals surface area contributed by atoms with Gasteiger partial charge in [-0.1, -0.05) is 6.07 Å². The molecule has 0 spiro atoms. The van der Waals surface area contributed by atoms with Crippen molar-refractivity contribution in [3.8, 4) is 17.0 Å². The van der Waals surface area contributed by atoms with Crippen LogP contribution in [-0.4, -0.2) is 51.0 Å². The van der Waals surface area contributed by atoms with Crippen molar-refractivity contribution < 1.29 is 18.3 Å². The molecule has 3 N–H and O–H groups in total. The Morgan fingerprint density at radius 3 is 2.53 bits per heavy atom. The highest BCUT2D eigenvalue weighted by molar-refractivity contribution is 6.21. The van der Waals surface area contributed by atoms with Gasteiger partial charge in [0.05, 0.1) is 33.2 Å². The van der Waals surface area contributed by atoms with E-state index in [9.17, 15) is 23.1 Å². The van der Waals surface area contributed by atoms with Crippen LogP contribution in [0.1, 0.15) is 18.2 Å². The Morgan fingerprint density at radius 2 is 1.82 bits per heavy atom. The molecule has 2 aromatic carbocycles. The standard InChI is InChI=1S/C27H25F3N6O2/c1-3-36-19-13-16(35-10-8-31-9-11-35)5-6-17(19)22-21-14(2)33-34-25(21)32-24(23(22)26(36)38)15-4-7-20(37)18(12-15)27(28,29)30/h4-7,12-13,31,37H,3,8-11H2,1-2H3,(H,32,33,34). The number of hydrogen-bond acceptors (Lipinski definition) is 6. The number of benzene rings is 2. The third-order valence-electron chi connectivity index (χ3n) is 7.26. The summed E-state index contributed by atoms with van der Waals surface area (Å²) in [6.07, 6.45) is -4.78. The van der Waals surface area contributed by atoms with Crippen LogP contribution >= 0.6 is 0 Å². The molecule has 1 aliphatic rings. The predicted octanol–water partition coefficient (Wildman–Crippen LogP) is 4.56. The van der Waals surface area contributed by atoms with E-state index in [4.69, 9.17) is 0 Å². The molecule has 1 fully saturated rings. The van der Waals surface area contributed by atoms with Gasteiger partial charge in [0.2, 0.25) is 0 Å². The van der Waals surface area contributed by atoms with E-state index < -0.39 is 17.5 Å². The zero-order valence-electron chi connectivity index (χ0n) is 20.8. The second-order valence-electron chi connectivity index (χ2n) is 9.46. The Balaban J connectivity index is 1.74. The summed E-state index contributed by atoms with van der Waals surface area (Å²) in [4.78, 5) is 20.9. The van der Waals surface area contributed by atoms with Crippen LogP contribution in [0, 0.1) is 6.92 Å². The summed E-state index contributed by atoms with van der Waals surface area (Å²) in [5.74, 6) is -0.888. The van der Waals surface area contributed by atoms with Crippen molar-refractivity contribution in [1.82, 2.24) is 25.1 Å². The fourth-order valence-electron chi connectivity index (χ4n) is 5.44. The molecular weight excluding hydrogens is 497 g/mol. The van der Waals surface area contributed by atoms with E-state index in [-0.39, 0.29) is 22.2 Å². The molecule has 0 saturated carbocycles. The fourth-order valence-corrected chi connectivity index (χ4v) is 5.44. The van der Waals surface area contributed by atoms with Gasteiger partial charge in [0.15, 0.2) is 5.65 Å². The number of piperazine rings is 1. The van der Waals surface area contributed by atoms with Crippen LogP contribution in [0.2, 0.25) is 0 Å². The van der Waals surface area contributed by atoms with Gasteiger partial charge in [-0.05, 0) is 44.2 Å². The van der Waals surface area contributed by atoms with Crippen LogP contribution in [0.3, 0.4) is 0 Å². The number of nitrogens with zero attached hydrogens (tertiary/aromatic N) is 4. The number of fused-ring (bicyclic) bond motifs is 5. The van der Waals surface area contributed by atoms with Gasteiger partial charge in [0.1, 0.15) is 5.75 Å². The fraction of sp³-hybridized carbons (Fsp3) is 0.296. The van der Waals surface area contributed by atoms with Gasteiger partial charge in [0, 0.05) is 54.7 Å². The average Bonchev–Trinajstić information content (AvgIpc) is 3.28. The van der Waals surface area contributed by atoms with Gasteiger partial charge in [-0.2, -0.15) is 18.3 Å². The Morgan fingerprint density at radius 1 is 1.05 bits per heavy atom. The third kappa shape index (κ3) is 3.68. The smallest absolute Gasteiger partial charge is 0.419 e. The summed E-state index contributed by atoms with van der Waals surface area (Å²) < 4.78 is 42.6. The molecule has 6 rings (SSSR count). The minimum Gasteiger partial charge on any atom is -0.507 e. The SMILES string of the molecule is CCn1c(=O)c2c(-c3ccc(O)c(C(F)(F)F)c3)nc3[nH]nc(C)c3c2c2ccc(N3CCNCC3)cc21. The molecule has 0 atom stereocenters. The van der Waals surface area contributed by atoms with Gasteiger partial charge < -0.3 is 19.9 Å². The molecule has 38 heavy (non-hydrogen) atoms. The minimum absolute atomic E-state index is 0.0748. The van der Waals surface area contributed by atoms with Crippen molar-refractivity contribution in [2.24, 2.45) is 0 Å². The van der Waals surface area contributed by atoms with Gasteiger partial charge in [-0.3, -0.25) is 9.89 Å². The minimum atomic E-state index is -4.78. The third-order valence-corrected chi connectivity index (χ3v) is 7.26. The summed E-state index contributed by atoms with van der Waals surface area (Å²) in [6, 6.07) is 9.14. The first-order valence-electron chi connectivity index (χ1n) is 12.4. The number of nitrogens with one attached hydrogen (secondary N) is 2. The van der Waals surface area contributed by atoms with Crippen LogP contribution in [0.15, 0.2) is 41.2 Å². The highest BCUT2D eigenvalue weighted by Gasteiger charge is 2.34. The summed E-state index contributed by atoms with van der Waals surface area (Å²) in [5.41, 5.74) is 1.37. The van der Waals surface area contributed by atoms with Crippen LogP contribution in [0.5, 0.6) is 5.75 Å². The van der Waals surface area contributed by atoms with Crippen molar-refractivity contribution in [3.63, 3.8) is 0 Å². The average molecular weight is 523 g/mol. The van der Waals surface area contributed by atoms with Crippen molar-refractivity contribution in [2.75, 3.05) is 31.1 Å². The van der Waals surface area contributed by atoms with E-state index in [0.29, 0.717) is 28.7 Å². The van der Waals surface area contributed by atoms with E-state index in [1.54, 1.807) is 11.5 Å². The van der Waals surface area contributed by atoms with Gasteiger partial charge in [-0.25, -0.2) is 4.98 Å². The van der Waals surface area contributed by atoms with Crippen LogP contribution in [0.4, 0.5) is 18.9 Å². The lowest BCUT2D eigenvalue weighted by atomic mass is 9.97. The molecule has 196 valence electrons. The molecule has 8 nitrogen and oxygen atoms in total. The Bertz CT molecular complexity index is 1780. The number of halogens is 3. The number of pyridine rings is 2. The first-order valence-corrected chi connectivity index (χ1v) is 12.4. The highest BCUT2D eigenvalue weighted by atomic mass is 19.4. The second kappa shape index (κ2) is 8.73. The molecule has 0 bridgehead atoms. The molecule has 1 saturated heterocycles. The van der Waals surface area contributed by atoms with E-state index in [1.807, 2.05) is 25.1 Å². The van der Waals surface area contributed by atoms with Crippen LogP contribution in [0.25, 0.3) is 44.0 Å². The summed E-state index contributed by atoms with van der Waals surface area (Å²) >= 11 is 0. The van der Waals surface area contributed by atoms with Gasteiger partial charge in [0.25, 0.3) is 5.56 Å².